The Bertz CT molecular complexity index is 1800. The average Bonchev–Trinajstić information content (AvgIpc) is 3.59. The van der Waals surface area contributed by atoms with Crippen molar-refractivity contribution < 1.29 is 4.74 Å². The van der Waals surface area contributed by atoms with Crippen LogP contribution in [-0.4, -0.2) is 23.6 Å². The number of pyridine rings is 1. The second kappa shape index (κ2) is 9.82. The largest absolute Gasteiger partial charge is 0.437 e. The van der Waals surface area contributed by atoms with E-state index in [4.69, 9.17) is 4.74 Å². The van der Waals surface area contributed by atoms with E-state index in [1.54, 1.807) is 17.5 Å². The Hall–Kier alpha value is -4.81. The fourth-order valence-electron chi connectivity index (χ4n) is 5.04. The lowest BCUT2D eigenvalue weighted by molar-refractivity contribution is 0.469. The van der Waals surface area contributed by atoms with Gasteiger partial charge in [0, 0.05) is 70.3 Å². The molecule has 0 bridgehead atoms. The number of hydrogen-bond donors (Lipinski definition) is 0. The number of para-hydroxylation sites is 1. The Balaban J connectivity index is 1.43. The Morgan fingerprint density at radius 3 is 2.38 bits per heavy atom. The highest BCUT2D eigenvalue weighted by atomic mass is 32.1. The Kier molecular flexibility index (Phi) is 5.87. The maximum atomic E-state index is 6.45. The third-order valence-corrected chi connectivity index (χ3v) is 8.05. The van der Waals surface area contributed by atoms with Crippen molar-refractivity contribution in [1.82, 2.24) is 9.88 Å². The van der Waals surface area contributed by atoms with Gasteiger partial charge in [-0.15, -0.1) is 11.3 Å². The number of rotatable bonds is 6. The minimum absolute atomic E-state index is 0.576. The zero-order valence-corrected chi connectivity index (χ0v) is 22.3. The van der Waals surface area contributed by atoms with Gasteiger partial charge < -0.3 is 19.4 Å². The van der Waals surface area contributed by atoms with E-state index in [2.05, 4.69) is 124 Å². The normalized spacial score (nSPS) is 12.9. The van der Waals surface area contributed by atoms with Crippen molar-refractivity contribution in [2.75, 3.05) is 23.5 Å². The predicted octanol–water partition coefficient (Wildman–Crippen LogP) is 8.89. The fraction of sp³-hybridized carbons (Fsp3) is 0.0606. The SMILES string of the molecule is CN1C=CN(c2cccc(N(c3ccccc3)c3cc(Oc4ccccn4)c4sc5ccccc5c4c3)c2)C1. The molecule has 0 radical (unpaired) electrons. The number of hydrogen-bond acceptors (Lipinski definition) is 6. The van der Waals surface area contributed by atoms with Crippen LogP contribution in [0.15, 0.2) is 128 Å². The van der Waals surface area contributed by atoms with Gasteiger partial charge in [0.2, 0.25) is 5.88 Å². The van der Waals surface area contributed by atoms with Gasteiger partial charge in [-0.3, -0.25) is 0 Å². The quantitative estimate of drug-likeness (QED) is 0.216. The summed E-state index contributed by atoms with van der Waals surface area (Å²) in [6, 6.07) is 37.9. The van der Waals surface area contributed by atoms with Gasteiger partial charge in [-0.1, -0.05) is 48.5 Å². The Morgan fingerprint density at radius 2 is 1.56 bits per heavy atom. The molecule has 0 amide bonds. The smallest absolute Gasteiger partial charge is 0.219 e. The predicted molar refractivity (Wildman–Crippen MR) is 163 cm³/mol. The van der Waals surface area contributed by atoms with Crippen LogP contribution >= 0.6 is 11.3 Å². The van der Waals surface area contributed by atoms with Gasteiger partial charge >= 0.3 is 0 Å². The van der Waals surface area contributed by atoms with E-state index in [0.717, 1.165) is 39.9 Å². The van der Waals surface area contributed by atoms with Crippen molar-refractivity contribution in [3.05, 3.63) is 128 Å². The van der Waals surface area contributed by atoms with E-state index in [0.29, 0.717) is 5.88 Å². The highest BCUT2D eigenvalue weighted by molar-refractivity contribution is 7.26. The van der Waals surface area contributed by atoms with Gasteiger partial charge in [-0.25, -0.2) is 4.98 Å². The number of thiophene rings is 1. The van der Waals surface area contributed by atoms with Crippen molar-refractivity contribution in [2.45, 2.75) is 0 Å². The molecule has 0 atom stereocenters. The molecule has 0 saturated heterocycles. The average molecular weight is 527 g/mol. The molecule has 0 aliphatic carbocycles. The molecule has 7 rings (SSSR count). The van der Waals surface area contributed by atoms with Gasteiger partial charge in [0.05, 0.1) is 17.1 Å². The number of benzene rings is 4. The topological polar surface area (TPSA) is 31.8 Å². The van der Waals surface area contributed by atoms with Crippen molar-refractivity contribution in [1.29, 1.82) is 0 Å². The summed E-state index contributed by atoms with van der Waals surface area (Å²) in [5.41, 5.74) is 4.31. The summed E-state index contributed by atoms with van der Waals surface area (Å²) < 4.78 is 8.79. The zero-order valence-electron chi connectivity index (χ0n) is 21.4. The summed E-state index contributed by atoms with van der Waals surface area (Å²) in [5, 5.41) is 2.39. The first kappa shape index (κ1) is 23.3. The van der Waals surface area contributed by atoms with Crippen LogP contribution in [0.5, 0.6) is 11.6 Å². The molecule has 1 aliphatic heterocycles. The summed E-state index contributed by atoms with van der Waals surface area (Å²) in [4.78, 5) is 11.1. The molecule has 190 valence electrons. The molecule has 2 aromatic heterocycles. The van der Waals surface area contributed by atoms with Gasteiger partial charge in [0.15, 0.2) is 0 Å². The molecule has 4 aromatic carbocycles. The molecule has 0 unspecified atom stereocenters. The van der Waals surface area contributed by atoms with Crippen LogP contribution in [-0.2, 0) is 0 Å². The van der Waals surface area contributed by atoms with Gasteiger partial charge in [-0.05, 0) is 48.5 Å². The third kappa shape index (κ3) is 4.45. The first-order valence-electron chi connectivity index (χ1n) is 12.9. The molecule has 0 N–H and O–H groups in total. The van der Waals surface area contributed by atoms with E-state index in [-0.39, 0.29) is 0 Å². The van der Waals surface area contributed by atoms with Gasteiger partial charge in [-0.2, -0.15) is 0 Å². The van der Waals surface area contributed by atoms with E-state index in [1.807, 2.05) is 24.3 Å². The number of fused-ring (bicyclic) bond motifs is 3. The first-order valence-corrected chi connectivity index (χ1v) is 13.7. The summed E-state index contributed by atoms with van der Waals surface area (Å²) in [6.45, 7) is 0.823. The highest BCUT2D eigenvalue weighted by Crippen LogP contribution is 2.46. The van der Waals surface area contributed by atoms with Crippen LogP contribution in [0.2, 0.25) is 0 Å². The lowest BCUT2D eigenvalue weighted by atomic mass is 10.1. The van der Waals surface area contributed by atoms with Crippen LogP contribution in [0.3, 0.4) is 0 Å². The van der Waals surface area contributed by atoms with Crippen LogP contribution in [0, 0.1) is 0 Å². The van der Waals surface area contributed by atoms with Gasteiger partial charge in [0.25, 0.3) is 0 Å². The Morgan fingerprint density at radius 1 is 0.744 bits per heavy atom. The van der Waals surface area contributed by atoms with Crippen molar-refractivity contribution in [3.8, 4) is 11.6 Å². The van der Waals surface area contributed by atoms with Crippen LogP contribution in [0.4, 0.5) is 22.7 Å². The lowest BCUT2D eigenvalue weighted by Crippen LogP contribution is -2.21. The number of nitrogens with zero attached hydrogens (tertiary/aromatic N) is 4. The molecule has 39 heavy (non-hydrogen) atoms. The minimum atomic E-state index is 0.576. The second-order valence-corrected chi connectivity index (χ2v) is 10.6. The molecule has 6 aromatic rings. The summed E-state index contributed by atoms with van der Waals surface area (Å²) in [6.07, 6.45) is 5.97. The summed E-state index contributed by atoms with van der Waals surface area (Å²) in [7, 11) is 2.08. The van der Waals surface area contributed by atoms with Crippen LogP contribution in [0.25, 0.3) is 20.2 Å². The lowest BCUT2D eigenvalue weighted by Gasteiger charge is -2.27. The zero-order chi connectivity index (χ0) is 26.2. The second-order valence-electron chi connectivity index (χ2n) is 9.55. The van der Waals surface area contributed by atoms with Crippen LogP contribution < -0.4 is 14.5 Å². The monoisotopic (exact) mass is 526 g/mol. The van der Waals surface area contributed by atoms with Gasteiger partial charge in [0.1, 0.15) is 5.75 Å². The molecule has 0 fully saturated rings. The van der Waals surface area contributed by atoms with E-state index in [1.165, 1.54) is 15.5 Å². The first-order chi connectivity index (χ1) is 19.2. The molecule has 6 heteroatoms. The maximum absolute atomic E-state index is 6.45. The summed E-state index contributed by atoms with van der Waals surface area (Å²) in [5.74, 6) is 1.37. The number of anilines is 4. The Labute approximate surface area is 231 Å². The standard InChI is InChI=1S/C33H26N4OS/c1-35-18-19-36(23-35)25-12-9-13-26(20-25)37(24-10-3-2-4-11-24)27-21-29-28-14-5-6-15-31(28)39-33(29)30(22-27)38-32-16-7-8-17-34-32/h2-22H,23H2,1H3. The number of ether oxygens (including phenoxy) is 1. The molecular formula is C33H26N4OS. The highest BCUT2D eigenvalue weighted by Gasteiger charge is 2.20. The van der Waals surface area contributed by atoms with Crippen molar-refractivity contribution in [2.24, 2.45) is 0 Å². The summed E-state index contributed by atoms with van der Waals surface area (Å²) >= 11 is 1.75. The molecular weight excluding hydrogens is 500 g/mol. The van der Waals surface area contributed by atoms with E-state index >= 15 is 0 Å². The third-order valence-electron chi connectivity index (χ3n) is 6.85. The molecule has 5 nitrogen and oxygen atoms in total. The van der Waals surface area contributed by atoms with E-state index < -0.39 is 0 Å². The minimum Gasteiger partial charge on any atom is -0.437 e. The maximum Gasteiger partial charge on any atom is 0.219 e. The van der Waals surface area contributed by atoms with Crippen molar-refractivity contribution in [3.63, 3.8) is 0 Å². The fourth-order valence-corrected chi connectivity index (χ4v) is 6.17. The molecule has 1 aliphatic rings. The number of aromatic nitrogens is 1. The molecule has 0 spiro atoms. The van der Waals surface area contributed by atoms with Crippen LogP contribution in [0.1, 0.15) is 0 Å². The molecule has 0 saturated carbocycles. The molecule has 3 heterocycles. The van der Waals surface area contributed by atoms with Crippen molar-refractivity contribution >= 4 is 54.3 Å². The van der Waals surface area contributed by atoms with E-state index in [9.17, 15) is 0 Å².